The van der Waals surface area contributed by atoms with Crippen LogP contribution >= 0.6 is 11.6 Å². The summed E-state index contributed by atoms with van der Waals surface area (Å²) in [6.45, 7) is 6.17. The molecule has 0 aromatic heterocycles. The molecule has 0 heterocycles. The summed E-state index contributed by atoms with van der Waals surface area (Å²) in [4.78, 5) is 12.1. The van der Waals surface area contributed by atoms with Crippen LogP contribution in [-0.4, -0.2) is 17.6 Å². The Kier molecular flexibility index (Phi) is 7.58. The van der Waals surface area contributed by atoms with Crippen LogP contribution in [0.15, 0.2) is 30.3 Å². The van der Waals surface area contributed by atoms with Gasteiger partial charge in [0.25, 0.3) is 5.06 Å². The van der Waals surface area contributed by atoms with Gasteiger partial charge in [0.05, 0.1) is 6.61 Å². The normalized spacial score (nSPS) is 15.0. The van der Waals surface area contributed by atoms with Gasteiger partial charge in [-0.25, -0.2) is 4.79 Å². The molecule has 2 unspecified atom stereocenters. The van der Waals surface area contributed by atoms with E-state index in [-0.39, 0.29) is 0 Å². The topological polar surface area (TPSA) is 35.5 Å². The lowest BCUT2D eigenvalue weighted by atomic mass is 10.0. The number of hydrogen-bond donors (Lipinski definition) is 0. The fourth-order valence-corrected chi connectivity index (χ4v) is 2.12. The molecule has 1 aromatic carbocycles. The van der Waals surface area contributed by atoms with Crippen LogP contribution in [0.25, 0.3) is 0 Å². The van der Waals surface area contributed by atoms with E-state index in [9.17, 15) is 4.79 Å². The van der Waals surface area contributed by atoms with Crippen molar-refractivity contribution in [2.75, 3.05) is 6.61 Å². The Balaban J connectivity index is 2.49. The van der Waals surface area contributed by atoms with Gasteiger partial charge in [-0.05, 0) is 24.5 Å². The van der Waals surface area contributed by atoms with Crippen LogP contribution in [0, 0.1) is 5.92 Å². The molecule has 0 amide bonds. The molecule has 0 aliphatic rings. The molecule has 0 N–H and O–H groups in total. The minimum Gasteiger partial charge on any atom is -0.461 e. The Bertz CT molecular complexity index is 417. The van der Waals surface area contributed by atoms with Crippen molar-refractivity contribution in [3.63, 3.8) is 0 Å². The smallest absolute Gasteiger partial charge is 0.366 e. The van der Waals surface area contributed by atoms with E-state index in [0.29, 0.717) is 18.3 Å². The SMILES string of the molecule is CCCCC(CC)COC(=O)C(C)(Cl)Oc1ccccc1. The summed E-state index contributed by atoms with van der Waals surface area (Å²) in [5.74, 6) is 0.394. The predicted octanol–water partition coefficient (Wildman–Crippen LogP) is 4.78. The van der Waals surface area contributed by atoms with Crippen molar-refractivity contribution in [2.45, 2.75) is 51.5 Å². The van der Waals surface area contributed by atoms with Crippen molar-refractivity contribution < 1.29 is 14.3 Å². The third kappa shape index (κ3) is 6.38. The van der Waals surface area contributed by atoms with Crippen molar-refractivity contribution in [3.05, 3.63) is 30.3 Å². The van der Waals surface area contributed by atoms with Gasteiger partial charge in [0.15, 0.2) is 0 Å². The van der Waals surface area contributed by atoms with E-state index in [4.69, 9.17) is 21.1 Å². The number of carbonyl (C=O) groups excluding carboxylic acids is 1. The first-order valence-electron chi connectivity index (χ1n) is 7.59. The Labute approximate surface area is 132 Å². The summed E-state index contributed by atoms with van der Waals surface area (Å²) in [6.07, 6.45) is 4.36. The molecule has 0 bridgehead atoms. The Morgan fingerprint density at radius 3 is 2.52 bits per heavy atom. The molecule has 118 valence electrons. The minimum atomic E-state index is -1.50. The molecule has 2 atom stereocenters. The molecule has 1 rings (SSSR count). The standard InChI is InChI=1S/C17H25ClO3/c1-4-6-10-14(5-2)13-20-16(19)17(3,18)21-15-11-8-7-9-12-15/h7-9,11-12,14H,4-6,10,13H2,1-3H3. The van der Waals surface area contributed by atoms with Gasteiger partial charge in [-0.1, -0.05) is 62.9 Å². The zero-order valence-corrected chi connectivity index (χ0v) is 13.9. The van der Waals surface area contributed by atoms with E-state index >= 15 is 0 Å². The molecular weight excluding hydrogens is 288 g/mol. The molecule has 0 spiro atoms. The van der Waals surface area contributed by atoms with Crippen LogP contribution in [-0.2, 0) is 9.53 Å². The molecule has 0 saturated heterocycles. The molecule has 4 heteroatoms. The number of alkyl halides is 1. The van der Waals surface area contributed by atoms with Gasteiger partial charge in [-0.3, -0.25) is 0 Å². The number of esters is 1. The second kappa shape index (κ2) is 8.93. The van der Waals surface area contributed by atoms with E-state index in [0.717, 1.165) is 25.7 Å². The van der Waals surface area contributed by atoms with Crippen LogP contribution in [0.3, 0.4) is 0 Å². The minimum absolute atomic E-state index is 0.387. The number of para-hydroxylation sites is 1. The van der Waals surface area contributed by atoms with Crippen LogP contribution in [0.2, 0.25) is 0 Å². The summed E-state index contributed by atoms with van der Waals surface area (Å²) in [5, 5.41) is -1.50. The van der Waals surface area contributed by atoms with Crippen molar-refractivity contribution in [1.82, 2.24) is 0 Å². The average Bonchev–Trinajstić information content (AvgIpc) is 2.47. The fraction of sp³-hybridized carbons (Fsp3) is 0.588. The lowest BCUT2D eigenvalue weighted by molar-refractivity contribution is -0.155. The number of hydrogen-bond acceptors (Lipinski definition) is 3. The van der Waals surface area contributed by atoms with Crippen molar-refractivity contribution in [2.24, 2.45) is 5.92 Å². The lowest BCUT2D eigenvalue weighted by Crippen LogP contribution is -2.38. The summed E-state index contributed by atoms with van der Waals surface area (Å²) in [5.41, 5.74) is 0. The Morgan fingerprint density at radius 1 is 1.29 bits per heavy atom. The average molecular weight is 313 g/mol. The molecule has 21 heavy (non-hydrogen) atoms. The van der Waals surface area contributed by atoms with E-state index in [1.807, 2.05) is 18.2 Å². The number of ether oxygens (including phenoxy) is 2. The quantitative estimate of drug-likeness (QED) is 0.486. The highest BCUT2D eigenvalue weighted by Gasteiger charge is 2.35. The summed E-state index contributed by atoms with van der Waals surface area (Å²) in [6, 6.07) is 9.03. The van der Waals surface area contributed by atoms with Crippen molar-refractivity contribution in [3.8, 4) is 5.75 Å². The third-order valence-corrected chi connectivity index (χ3v) is 3.64. The Hall–Kier alpha value is -1.22. The van der Waals surface area contributed by atoms with Gasteiger partial charge in [-0.2, -0.15) is 0 Å². The van der Waals surface area contributed by atoms with Gasteiger partial charge < -0.3 is 9.47 Å². The maximum atomic E-state index is 12.1. The molecule has 0 aliphatic carbocycles. The summed E-state index contributed by atoms with van der Waals surface area (Å²) < 4.78 is 10.8. The second-order valence-corrected chi connectivity index (χ2v) is 6.07. The van der Waals surface area contributed by atoms with E-state index in [2.05, 4.69) is 13.8 Å². The number of halogens is 1. The first kappa shape index (κ1) is 17.8. The number of benzene rings is 1. The van der Waals surface area contributed by atoms with E-state index in [1.165, 1.54) is 6.92 Å². The molecule has 1 aromatic rings. The monoisotopic (exact) mass is 312 g/mol. The number of rotatable bonds is 9. The Morgan fingerprint density at radius 2 is 1.95 bits per heavy atom. The van der Waals surface area contributed by atoms with Crippen molar-refractivity contribution in [1.29, 1.82) is 0 Å². The zero-order valence-electron chi connectivity index (χ0n) is 13.1. The largest absolute Gasteiger partial charge is 0.461 e. The van der Waals surface area contributed by atoms with Gasteiger partial charge >= 0.3 is 5.97 Å². The van der Waals surface area contributed by atoms with E-state index < -0.39 is 11.0 Å². The van der Waals surface area contributed by atoms with Crippen molar-refractivity contribution >= 4 is 17.6 Å². The first-order valence-corrected chi connectivity index (χ1v) is 7.97. The molecule has 0 aliphatic heterocycles. The lowest BCUT2D eigenvalue weighted by Gasteiger charge is -2.23. The van der Waals surface area contributed by atoms with Gasteiger partial charge in [0.1, 0.15) is 5.75 Å². The molecular formula is C17H25ClO3. The third-order valence-electron chi connectivity index (χ3n) is 3.41. The summed E-state index contributed by atoms with van der Waals surface area (Å²) >= 11 is 6.16. The molecule has 0 fully saturated rings. The maximum Gasteiger partial charge on any atom is 0.366 e. The van der Waals surface area contributed by atoms with Crippen LogP contribution in [0.5, 0.6) is 5.75 Å². The fourth-order valence-electron chi connectivity index (χ4n) is 1.97. The van der Waals surface area contributed by atoms with Gasteiger partial charge in [0, 0.05) is 6.92 Å². The van der Waals surface area contributed by atoms with Crippen LogP contribution in [0.4, 0.5) is 0 Å². The maximum absolute atomic E-state index is 12.1. The molecule has 0 saturated carbocycles. The second-order valence-electron chi connectivity index (χ2n) is 5.35. The molecule has 0 radical (unpaired) electrons. The zero-order chi connectivity index (χ0) is 15.7. The van der Waals surface area contributed by atoms with Crippen LogP contribution < -0.4 is 4.74 Å². The van der Waals surface area contributed by atoms with Gasteiger partial charge in [0.2, 0.25) is 0 Å². The highest BCUT2D eigenvalue weighted by Crippen LogP contribution is 2.24. The number of unbranched alkanes of at least 4 members (excludes halogenated alkanes) is 1. The summed E-state index contributed by atoms with van der Waals surface area (Å²) in [7, 11) is 0. The number of carbonyl (C=O) groups is 1. The molecule has 3 nitrogen and oxygen atoms in total. The van der Waals surface area contributed by atoms with Crippen LogP contribution in [0.1, 0.15) is 46.5 Å². The first-order chi connectivity index (χ1) is 9.99. The van der Waals surface area contributed by atoms with Gasteiger partial charge in [-0.15, -0.1) is 0 Å². The predicted molar refractivity (Wildman–Crippen MR) is 85.6 cm³/mol. The highest BCUT2D eigenvalue weighted by atomic mass is 35.5. The highest BCUT2D eigenvalue weighted by molar-refractivity contribution is 6.32. The van der Waals surface area contributed by atoms with E-state index in [1.54, 1.807) is 12.1 Å².